The molecular weight excluding hydrogens is 382 g/mol. The fraction of sp³-hybridized carbons (Fsp3) is 0.348. The van der Waals surface area contributed by atoms with E-state index >= 15 is 0 Å². The lowest BCUT2D eigenvalue weighted by Crippen LogP contribution is -2.53. The first-order chi connectivity index (χ1) is 14.4. The van der Waals surface area contributed by atoms with E-state index in [0.717, 1.165) is 16.8 Å². The molecule has 0 spiro atoms. The van der Waals surface area contributed by atoms with Gasteiger partial charge in [-0.2, -0.15) is 0 Å². The lowest BCUT2D eigenvalue weighted by atomic mass is 10.1. The van der Waals surface area contributed by atoms with E-state index in [2.05, 4.69) is 0 Å². The van der Waals surface area contributed by atoms with E-state index in [1.165, 1.54) is 0 Å². The fourth-order valence-corrected chi connectivity index (χ4v) is 3.52. The van der Waals surface area contributed by atoms with Crippen molar-refractivity contribution in [2.75, 3.05) is 37.7 Å². The van der Waals surface area contributed by atoms with E-state index in [9.17, 15) is 14.4 Å². The number of carbonyl (C=O) groups is 3. The molecule has 7 heteroatoms. The minimum absolute atomic E-state index is 0.0233. The molecule has 1 N–H and O–H groups in total. The van der Waals surface area contributed by atoms with Crippen LogP contribution < -0.4 is 4.90 Å². The summed E-state index contributed by atoms with van der Waals surface area (Å²) in [5.74, 6) is -0.313. The third-order valence-corrected chi connectivity index (χ3v) is 5.30. The van der Waals surface area contributed by atoms with Gasteiger partial charge < -0.3 is 14.9 Å². The number of anilines is 1. The van der Waals surface area contributed by atoms with E-state index in [1.54, 1.807) is 45.9 Å². The van der Waals surface area contributed by atoms with E-state index in [4.69, 9.17) is 5.11 Å². The van der Waals surface area contributed by atoms with Crippen LogP contribution in [0.4, 0.5) is 10.5 Å². The Bertz CT molecular complexity index is 918. The zero-order chi connectivity index (χ0) is 21.7. The molecule has 0 atom stereocenters. The Morgan fingerprint density at radius 3 is 2.17 bits per heavy atom. The van der Waals surface area contributed by atoms with Crippen molar-refractivity contribution in [2.45, 2.75) is 20.4 Å². The van der Waals surface area contributed by atoms with E-state index < -0.39 is 6.61 Å². The number of aliphatic hydroxyl groups is 1. The van der Waals surface area contributed by atoms with Gasteiger partial charge in [-0.05, 0) is 30.2 Å². The molecule has 7 nitrogen and oxygen atoms in total. The maximum Gasteiger partial charge on any atom is 0.324 e. The molecule has 1 aliphatic rings. The molecule has 0 radical (unpaired) electrons. The largest absolute Gasteiger partial charge is 0.388 e. The summed E-state index contributed by atoms with van der Waals surface area (Å²) < 4.78 is 0. The molecule has 0 unspecified atom stereocenters. The average Bonchev–Trinajstić information content (AvgIpc) is 2.77. The predicted octanol–water partition coefficient (Wildman–Crippen LogP) is 2.46. The van der Waals surface area contributed by atoms with Crippen molar-refractivity contribution in [2.24, 2.45) is 0 Å². The summed E-state index contributed by atoms with van der Waals surface area (Å²) >= 11 is 0. The maximum absolute atomic E-state index is 13.4. The molecule has 0 aromatic heterocycles. The van der Waals surface area contributed by atoms with Crippen LogP contribution in [-0.4, -0.2) is 65.4 Å². The van der Waals surface area contributed by atoms with Crippen LogP contribution in [0.1, 0.15) is 28.4 Å². The number of Topliss-reactive ketones (excluding diaryl/α,β-unsaturated/α-hetero) is 1. The molecule has 0 saturated carbocycles. The van der Waals surface area contributed by atoms with Gasteiger partial charge in [-0.25, -0.2) is 4.79 Å². The first-order valence-electron chi connectivity index (χ1n) is 10.0. The predicted molar refractivity (Wildman–Crippen MR) is 114 cm³/mol. The summed E-state index contributed by atoms with van der Waals surface area (Å²) in [6.45, 7) is 5.38. The fourth-order valence-electron chi connectivity index (χ4n) is 3.52. The number of benzene rings is 2. The lowest BCUT2D eigenvalue weighted by Gasteiger charge is -2.37. The Labute approximate surface area is 176 Å². The molecule has 1 saturated heterocycles. The quantitative estimate of drug-likeness (QED) is 0.770. The average molecular weight is 409 g/mol. The van der Waals surface area contributed by atoms with E-state index in [1.807, 2.05) is 31.2 Å². The number of amides is 3. The van der Waals surface area contributed by atoms with Gasteiger partial charge in [-0.1, -0.05) is 36.4 Å². The van der Waals surface area contributed by atoms with Crippen molar-refractivity contribution < 1.29 is 19.5 Å². The summed E-state index contributed by atoms with van der Waals surface area (Å²) in [4.78, 5) is 41.8. The minimum Gasteiger partial charge on any atom is -0.388 e. The number of carbonyl (C=O) groups excluding carboxylic acids is 3. The van der Waals surface area contributed by atoms with Crippen LogP contribution in [0.3, 0.4) is 0 Å². The Kier molecular flexibility index (Phi) is 6.84. The SMILES string of the molecule is CC(=O)N1CCN(C(=O)N(Cc2ccc(C(=O)CO)cc2)c2cccc(C)c2)CC1. The Hall–Kier alpha value is -3.19. The summed E-state index contributed by atoms with van der Waals surface area (Å²) in [5.41, 5.74) is 3.16. The maximum atomic E-state index is 13.4. The highest BCUT2D eigenvalue weighted by molar-refractivity contribution is 5.97. The number of ketones is 1. The number of aryl methyl sites for hydroxylation is 1. The number of urea groups is 1. The van der Waals surface area contributed by atoms with Gasteiger partial charge in [-0.15, -0.1) is 0 Å². The molecule has 0 aliphatic carbocycles. The minimum atomic E-state index is -0.528. The second-order valence-corrected chi connectivity index (χ2v) is 7.48. The summed E-state index contributed by atoms with van der Waals surface area (Å²) in [7, 11) is 0. The molecule has 1 fully saturated rings. The topological polar surface area (TPSA) is 81.2 Å². The number of nitrogens with zero attached hydrogens (tertiary/aromatic N) is 3. The molecule has 1 aliphatic heterocycles. The van der Waals surface area contributed by atoms with Crippen molar-refractivity contribution in [3.05, 3.63) is 65.2 Å². The molecule has 30 heavy (non-hydrogen) atoms. The van der Waals surface area contributed by atoms with Gasteiger partial charge in [-0.3, -0.25) is 14.5 Å². The van der Waals surface area contributed by atoms with Crippen molar-refractivity contribution in [3.63, 3.8) is 0 Å². The molecule has 3 amide bonds. The van der Waals surface area contributed by atoms with Crippen LogP contribution >= 0.6 is 0 Å². The second-order valence-electron chi connectivity index (χ2n) is 7.48. The van der Waals surface area contributed by atoms with Crippen molar-refractivity contribution >= 4 is 23.4 Å². The van der Waals surface area contributed by atoms with Gasteiger partial charge in [0.15, 0.2) is 5.78 Å². The summed E-state index contributed by atoms with van der Waals surface area (Å²) in [6, 6.07) is 14.6. The molecule has 2 aromatic carbocycles. The molecule has 1 heterocycles. The number of hydrogen-bond acceptors (Lipinski definition) is 4. The Morgan fingerprint density at radius 1 is 0.967 bits per heavy atom. The third kappa shape index (κ3) is 5.04. The zero-order valence-electron chi connectivity index (χ0n) is 17.4. The normalized spacial score (nSPS) is 13.8. The van der Waals surface area contributed by atoms with Gasteiger partial charge in [0.2, 0.25) is 5.91 Å². The highest BCUT2D eigenvalue weighted by Crippen LogP contribution is 2.22. The molecule has 3 rings (SSSR count). The molecule has 158 valence electrons. The Morgan fingerprint density at radius 2 is 1.60 bits per heavy atom. The number of piperazine rings is 1. The zero-order valence-corrected chi connectivity index (χ0v) is 17.4. The van der Waals surface area contributed by atoms with Gasteiger partial charge in [0.25, 0.3) is 0 Å². The van der Waals surface area contributed by atoms with Crippen LogP contribution in [-0.2, 0) is 11.3 Å². The van der Waals surface area contributed by atoms with Crippen molar-refractivity contribution in [1.29, 1.82) is 0 Å². The van der Waals surface area contributed by atoms with Gasteiger partial charge in [0.05, 0.1) is 6.54 Å². The summed E-state index contributed by atoms with van der Waals surface area (Å²) in [5, 5.41) is 9.02. The van der Waals surface area contributed by atoms with Gasteiger partial charge >= 0.3 is 6.03 Å². The van der Waals surface area contributed by atoms with Gasteiger partial charge in [0, 0.05) is 44.4 Å². The lowest BCUT2D eigenvalue weighted by molar-refractivity contribution is -0.130. The third-order valence-electron chi connectivity index (χ3n) is 5.30. The number of aliphatic hydroxyl groups excluding tert-OH is 1. The number of hydrogen-bond donors (Lipinski definition) is 1. The molecular formula is C23H27N3O4. The smallest absolute Gasteiger partial charge is 0.324 e. The van der Waals surface area contributed by atoms with Crippen LogP contribution in [0.5, 0.6) is 0 Å². The molecule has 2 aromatic rings. The van der Waals surface area contributed by atoms with Crippen LogP contribution in [0, 0.1) is 6.92 Å². The second kappa shape index (κ2) is 9.54. The number of rotatable bonds is 5. The first-order valence-corrected chi connectivity index (χ1v) is 10.0. The van der Waals surface area contributed by atoms with Crippen LogP contribution in [0.25, 0.3) is 0 Å². The highest BCUT2D eigenvalue weighted by Gasteiger charge is 2.27. The van der Waals surface area contributed by atoms with Crippen molar-refractivity contribution in [3.8, 4) is 0 Å². The van der Waals surface area contributed by atoms with Crippen LogP contribution in [0.2, 0.25) is 0 Å². The summed E-state index contributed by atoms with van der Waals surface area (Å²) in [6.07, 6.45) is 0. The standard InChI is InChI=1S/C23H27N3O4/c1-17-4-3-5-21(14-17)26(15-19-6-8-20(9-7-19)22(29)16-27)23(30)25-12-10-24(11-13-25)18(2)28/h3-9,14,27H,10-13,15-16H2,1-2H3. The van der Waals surface area contributed by atoms with E-state index in [-0.39, 0.29) is 17.7 Å². The monoisotopic (exact) mass is 409 g/mol. The first kappa shape index (κ1) is 21.5. The van der Waals surface area contributed by atoms with Crippen molar-refractivity contribution in [1.82, 2.24) is 9.80 Å². The highest BCUT2D eigenvalue weighted by atomic mass is 16.3. The Balaban J connectivity index is 1.81. The molecule has 0 bridgehead atoms. The van der Waals surface area contributed by atoms with Gasteiger partial charge in [0.1, 0.15) is 6.61 Å². The van der Waals surface area contributed by atoms with Crippen LogP contribution in [0.15, 0.2) is 48.5 Å². The van der Waals surface area contributed by atoms with E-state index in [0.29, 0.717) is 38.3 Å².